The van der Waals surface area contributed by atoms with Gasteiger partial charge in [-0.1, -0.05) is 0 Å². The first-order chi connectivity index (χ1) is 13.2. The van der Waals surface area contributed by atoms with E-state index in [1.54, 1.807) is 0 Å². The summed E-state index contributed by atoms with van der Waals surface area (Å²) in [6.07, 6.45) is 11.3. The van der Waals surface area contributed by atoms with Gasteiger partial charge in [0.25, 0.3) is 0 Å². The monoisotopic (exact) mass is 400 g/mol. The first kappa shape index (κ1) is 27.9. The van der Waals surface area contributed by atoms with E-state index in [4.69, 9.17) is 0 Å². The molecule has 0 N–H and O–H groups in total. The van der Waals surface area contributed by atoms with Crippen LogP contribution in [0.15, 0.2) is 0 Å². The van der Waals surface area contributed by atoms with Gasteiger partial charge in [0, 0.05) is 0 Å². The van der Waals surface area contributed by atoms with Crippen LogP contribution in [0.25, 0.3) is 0 Å². The van der Waals surface area contributed by atoms with E-state index in [2.05, 4.69) is 55.8 Å². The van der Waals surface area contributed by atoms with Crippen molar-refractivity contribution in [3.05, 3.63) is 0 Å². The fraction of sp³-hybridized carbons (Fsp3) is 1.00. The van der Waals surface area contributed by atoms with Crippen LogP contribution in [0.3, 0.4) is 0 Å². The molecule has 0 bridgehead atoms. The van der Waals surface area contributed by atoms with E-state index in [0.29, 0.717) is 0 Å². The van der Waals surface area contributed by atoms with Crippen LogP contribution in [0.2, 0.25) is 0 Å². The summed E-state index contributed by atoms with van der Waals surface area (Å²) in [7, 11) is 7.31. The zero-order valence-corrected chi connectivity index (χ0v) is 21.4. The summed E-state index contributed by atoms with van der Waals surface area (Å²) in [4.78, 5) is 0. The van der Waals surface area contributed by atoms with Gasteiger partial charge in [-0.25, -0.2) is 0 Å². The molecule has 0 saturated carbocycles. The Bertz CT molecular complexity index is 329. The van der Waals surface area contributed by atoms with E-state index in [9.17, 15) is 0 Å². The summed E-state index contributed by atoms with van der Waals surface area (Å²) < 4.78 is 3.78. The van der Waals surface area contributed by atoms with E-state index in [0.717, 1.165) is 0 Å². The number of hydrogen-bond acceptors (Lipinski definition) is 0. The Labute approximate surface area is 179 Å². The third-order valence-electron chi connectivity index (χ3n) is 8.11. The van der Waals surface area contributed by atoms with Crippen molar-refractivity contribution < 1.29 is 13.4 Å². The third-order valence-corrected chi connectivity index (χ3v) is 8.11. The molecule has 0 aliphatic heterocycles. The molecule has 0 radical (unpaired) electrons. The molecule has 0 aromatic heterocycles. The van der Waals surface area contributed by atoms with E-state index >= 15 is 0 Å². The summed E-state index contributed by atoms with van der Waals surface area (Å²) in [6, 6.07) is 0. The van der Waals surface area contributed by atoms with Crippen LogP contribution in [0.5, 0.6) is 0 Å². The van der Waals surface area contributed by atoms with Crippen molar-refractivity contribution in [2.75, 3.05) is 80.0 Å². The van der Waals surface area contributed by atoms with Crippen molar-refractivity contribution in [1.29, 1.82) is 0 Å². The number of quaternary nitrogens is 3. The molecule has 0 unspecified atom stereocenters. The first-order valence-corrected chi connectivity index (χ1v) is 12.7. The molecule has 0 fully saturated rings. The molecule has 0 aromatic carbocycles. The highest BCUT2D eigenvalue weighted by atomic mass is 15.3. The minimum absolute atomic E-state index is 1.25. The van der Waals surface area contributed by atoms with Crippen LogP contribution in [-0.2, 0) is 0 Å². The molecule has 0 saturated heterocycles. The second-order valence-electron chi connectivity index (χ2n) is 10.2. The van der Waals surface area contributed by atoms with Gasteiger partial charge in [0.05, 0.1) is 80.0 Å². The molecule has 0 spiro atoms. The SMILES string of the molecule is CC[N+](C)(CC)CCCCCC[N+](C)(CC)CCCCCC[N+](C)(CC)CC. The van der Waals surface area contributed by atoms with Crippen LogP contribution in [0.1, 0.15) is 86.0 Å². The lowest BCUT2D eigenvalue weighted by Crippen LogP contribution is -2.45. The second-order valence-corrected chi connectivity index (χ2v) is 10.2. The smallest absolute Gasteiger partial charge is 0.0784 e. The average Bonchev–Trinajstić information content (AvgIpc) is 2.72. The maximum Gasteiger partial charge on any atom is 0.0784 e. The average molecular weight is 401 g/mol. The summed E-state index contributed by atoms with van der Waals surface area (Å²) in [5.74, 6) is 0. The lowest BCUT2D eigenvalue weighted by molar-refractivity contribution is -0.908. The highest BCUT2D eigenvalue weighted by molar-refractivity contribution is 4.49. The molecule has 0 rings (SSSR count). The molecule has 0 aromatic rings. The van der Waals surface area contributed by atoms with Crippen LogP contribution >= 0.6 is 0 Å². The van der Waals surface area contributed by atoms with E-state index in [1.807, 2.05) is 0 Å². The summed E-state index contributed by atoms with van der Waals surface area (Å²) in [6.45, 7) is 23.6. The minimum Gasteiger partial charge on any atom is -0.327 e. The maximum atomic E-state index is 2.49. The zero-order valence-electron chi connectivity index (χ0n) is 21.4. The lowest BCUT2D eigenvalue weighted by Gasteiger charge is -2.34. The Morgan fingerprint density at radius 1 is 0.321 bits per heavy atom. The molecule has 0 amide bonds. The fourth-order valence-corrected chi connectivity index (χ4v) is 4.19. The fourth-order valence-electron chi connectivity index (χ4n) is 4.19. The summed E-state index contributed by atoms with van der Waals surface area (Å²) >= 11 is 0. The van der Waals surface area contributed by atoms with Crippen molar-refractivity contribution in [3.63, 3.8) is 0 Å². The van der Waals surface area contributed by atoms with Crippen LogP contribution in [0, 0.1) is 0 Å². The van der Waals surface area contributed by atoms with Gasteiger partial charge in [0.15, 0.2) is 0 Å². The van der Waals surface area contributed by atoms with Gasteiger partial charge in [-0.15, -0.1) is 0 Å². The van der Waals surface area contributed by atoms with Crippen molar-refractivity contribution in [3.8, 4) is 0 Å². The molecule has 0 aliphatic rings. The predicted octanol–water partition coefficient (Wildman–Crippen LogP) is 5.55. The lowest BCUT2D eigenvalue weighted by atomic mass is 10.1. The maximum absolute atomic E-state index is 2.49. The van der Waals surface area contributed by atoms with Crippen molar-refractivity contribution in [1.82, 2.24) is 0 Å². The Morgan fingerprint density at radius 3 is 0.750 bits per heavy atom. The standard InChI is InChI=1S/C25H58N3/c1-9-26(6,10-2)22-18-14-16-20-24-28(8,13-5)25-21-17-15-19-23-27(7,11-3)12-4/h9-25H2,1-8H3/q+3. The van der Waals surface area contributed by atoms with E-state index in [1.165, 1.54) is 124 Å². The second kappa shape index (κ2) is 14.8. The molecule has 0 aliphatic carbocycles. The molecule has 170 valence electrons. The van der Waals surface area contributed by atoms with Gasteiger partial charge in [-0.3, -0.25) is 0 Å². The first-order valence-electron chi connectivity index (χ1n) is 12.7. The largest absolute Gasteiger partial charge is 0.327 e. The van der Waals surface area contributed by atoms with Gasteiger partial charge in [-0.2, -0.15) is 0 Å². The van der Waals surface area contributed by atoms with Gasteiger partial charge < -0.3 is 13.4 Å². The topological polar surface area (TPSA) is 0 Å². The quantitative estimate of drug-likeness (QED) is 0.197. The Kier molecular flexibility index (Phi) is 14.7. The number of unbranched alkanes of at least 4 members (excludes halogenated alkanes) is 6. The van der Waals surface area contributed by atoms with Crippen LogP contribution in [0.4, 0.5) is 0 Å². The third kappa shape index (κ3) is 11.8. The van der Waals surface area contributed by atoms with E-state index in [-0.39, 0.29) is 0 Å². The van der Waals surface area contributed by atoms with Crippen molar-refractivity contribution in [2.24, 2.45) is 0 Å². The molecule has 3 heteroatoms. The van der Waals surface area contributed by atoms with Crippen molar-refractivity contribution in [2.45, 2.75) is 86.0 Å². The zero-order chi connectivity index (χ0) is 21.5. The highest BCUT2D eigenvalue weighted by Crippen LogP contribution is 2.14. The van der Waals surface area contributed by atoms with Gasteiger partial charge in [-0.05, 0) is 86.0 Å². The minimum atomic E-state index is 1.25. The van der Waals surface area contributed by atoms with Gasteiger partial charge >= 0.3 is 0 Å². The van der Waals surface area contributed by atoms with E-state index < -0.39 is 0 Å². The van der Waals surface area contributed by atoms with Crippen LogP contribution in [-0.4, -0.2) is 93.5 Å². The summed E-state index contributed by atoms with van der Waals surface area (Å²) in [5.41, 5.74) is 0. The molecule has 28 heavy (non-hydrogen) atoms. The van der Waals surface area contributed by atoms with Crippen molar-refractivity contribution >= 4 is 0 Å². The van der Waals surface area contributed by atoms with Gasteiger partial charge in [0.1, 0.15) is 0 Å². The summed E-state index contributed by atoms with van der Waals surface area (Å²) in [5, 5.41) is 0. The Hall–Kier alpha value is -0.120. The van der Waals surface area contributed by atoms with Gasteiger partial charge in [0.2, 0.25) is 0 Å². The molecule has 0 heterocycles. The number of nitrogens with zero attached hydrogens (tertiary/aromatic N) is 3. The highest BCUT2D eigenvalue weighted by Gasteiger charge is 2.19. The molecule has 0 atom stereocenters. The molecular weight excluding hydrogens is 342 g/mol. The molecular formula is C25H58N3+3. The normalized spacial score (nSPS) is 13.3. The Balaban J connectivity index is 3.89. The molecule has 3 nitrogen and oxygen atoms in total. The number of hydrogen-bond donors (Lipinski definition) is 0. The Morgan fingerprint density at radius 2 is 0.536 bits per heavy atom. The predicted molar refractivity (Wildman–Crippen MR) is 128 cm³/mol. The number of rotatable bonds is 19. The van der Waals surface area contributed by atoms with Crippen LogP contribution < -0.4 is 0 Å².